The Bertz CT molecular complexity index is 847. The molecule has 2 aromatic rings. The number of methoxy groups -OCH3 is 2. The highest BCUT2D eigenvalue weighted by Crippen LogP contribution is 2.38. The Kier molecular flexibility index (Phi) is 5.63. The van der Waals surface area contributed by atoms with Gasteiger partial charge in [-0.3, -0.25) is 4.57 Å². The van der Waals surface area contributed by atoms with Gasteiger partial charge in [-0.2, -0.15) is 0 Å². The lowest BCUT2D eigenvalue weighted by Gasteiger charge is -2.27. The van der Waals surface area contributed by atoms with Crippen LogP contribution in [-0.4, -0.2) is 35.6 Å². The summed E-state index contributed by atoms with van der Waals surface area (Å²) in [6.45, 7) is 6.80. The fraction of sp³-hybridized carbons (Fsp3) is 0.333. The van der Waals surface area contributed by atoms with Crippen molar-refractivity contribution < 1.29 is 14.2 Å². The van der Waals surface area contributed by atoms with Gasteiger partial charge in [0.25, 0.3) is 0 Å². The lowest BCUT2D eigenvalue weighted by molar-refractivity contribution is 0.0659. The Morgan fingerprint density at radius 1 is 1.35 bits per heavy atom. The zero-order chi connectivity index (χ0) is 18.7. The minimum absolute atomic E-state index is 0.00756. The molecule has 26 heavy (non-hydrogen) atoms. The highest BCUT2D eigenvalue weighted by atomic mass is 79.9. The van der Waals surface area contributed by atoms with E-state index in [1.807, 2.05) is 25.1 Å². The van der Waals surface area contributed by atoms with Gasteiger partial charge in [0.2, 0.25) is 5.95 Å². The van der Waals surface area contributed by atoms with Crippen molar-refractivity contribution in [1.29, 1.82) is 0 Å². The normalized spacial score (nSPS) is 16.8. The smallest absolute Gasteiger partial charge is 0.229 e. The summed E-state index contributed by atoms with van der Waals surface area (Å²) in [6.07, 6.45) is 3.74. The first-order chi connectivity index (χ1) is 12.6. The zero-order valence-corrected chi connectivity index (χ0v) is 16.5. The molecule has 138 valence electrons. The van der Waals surface area contributed by atoms with Crippen molar-refractivity contribution in [3.8, 4) is 11.5 Å². The Morgan fingerprint density at radius 3 is 2.77 bits per heavy atom. The number of hydrogen-bond donors (Lipinski definition) is 1. The molecule has 0 spiro atoms. The summed E-state index contributed by atoms with van der Waals surface area (Å²) < 4.78 is 19.3. The lowest BCUT2D eigenvalue weighted by atomic mass is 10.1. The molecule has 0 amide bonds. The predicted octanol–water partition coefficient (Wildman–Crippen LogP) is 4.01. The zero-order valence-electron chi connectivity index (χ0n) is 15.0. The first kappa shape index (κ1) is 18.5. The number of anilines is 2. The molecule has 1 aliphatic rings. The second-order valence-electron chi connectivity index (χ2n) is 5.80. The van der Waals surface area contributed by atoms with E-state index in [0.29, 0.717) is 30.7 Å². The van der Waals surface area contributed by atoms with Crippen molar-refractivity contribution in [2.24, 2.45) is 0 Å². The summed E-state index contributed by atoms with van der Waals surface area (Å²) >= 11 is 3.56. The minimum atomic E-state index is 0.00756. The topological polar surface area (TPSA) is 70.4 Å². The SMILES string of the molecule is C=CC=C(C)C1COCc2nnc(Nc3cc(OC)c(OC)cc3Br)n21. The number of benzene rings is 1. The first-order valence-electron chi connectivity index (χ1n) is 8.08. The molecule has 0 saturated carbocycles. The quantitative estimate of drug-likeness (QED) is 0.711. The summed E-state index contributed by atoms with van der Waals surface area (Å²) in [4.78, 5) is 0. The third-order valence-corrected chi connectivity index (χ3v) is 4.87. The van der Waals surface area contributed by atoms with E-state index in [2.05, 4.69) is 42.6 Å². The van der Waals surface area contributed by atoms with E-state index in [9.17, 15) is 0 Å². The third kappa shape index (κ3) is 3.47. The first-order valence-corrected chi connectivity index (χ1v) is 8.87. The van der Waals surface area contributed by atoms with Gasteiger partial charge in [-0.15, -0.1) is 10.2 Å². The molecule has 1 unspecified atom stereocenters. The van der Waals surface area contributed by atoms with Crippen molar-refractivity contribution >= 4 is 27.6 Å². The van der Waals surface area contributed by atoms with Crippen LogP contribution in [-0.2, 0) is 11.3 Å². The van der Waals surface area contributed by atoms with E-state index in [1.54, 1.807) is 20.3 Å². The van der Waals surface area contributed by atoms with E-state index in [1.165, 1.54) is 0 Å². The van der Waals surface area contributed by atoms with Crippen LogP contribution in [0.25, 0.3) is 0 Å². The van der Waals surface area contributed by atoms with E-state index < -0.39 is 0 Å². The fourth-order valence-electron chi connectivity index (χ4n) is 2.87. The Balaban J connectivity index is 1.99. The fourth-order valence-corrected chi connectivity index (χ4v) is 3.30. The van der Waals surface area contributed by atoms with E-state index >= 15 is 0 Å². The standard InChI is InChI=1S/C18H21BrN4O3/c1-5-6-11(2)14-9-26-10-17-21-22-18(23(14)17)20-13-8-16(25-4)15(24-3)7-12(13)19/h5-8,14H,1,9-10H2,2-4H3,(H,20,22). The van der Waals surface area contributed by atoms with Crippen molar-refractivity contribution in [1.82, 2.24) is 14.8 Å². The molecule has 1 atom stereocenters. The number of halogens is 1. The van der Waals surface area contributed by atoms with Gasteiger partial charge < -0.3 is 19.5 Å². The van der Waals surface area contributed by atoms with Gasteiger partial charge in [0, 0.05) is 16.6 Å². The van der Waals surface area contributed by atoms with Crippen molar-refractivity contribution in [3.63, 3.8) is 0 Å². The Labute approximate surface area is 160 Å². The molecule has 1 N–H and O–H groups in total. The van der Waals surface area contributed by atoms with Crippen molar-refractivity contribution in [2.75, 3.05) is 26.1 Å². The van der Waals surface area contributed by atoms with Crippen LogP contribution in [0.4, 0.5) is 11.6 Å². The van der Waals surface area contributed by atoms with Crippen LogP contribution in [0, 0.1) is 0 Å². The van der Waals surface area contributed by atoms with Gasteiger partial charge in [0.05, 0.1) is 32.6 Å². The molecule has 1 aromatic carbocycles. The van der Waals surface area contributed by atoms with Crippen LogP contribution < -0.4 is 14.8 Å². The molecular weight excluding hydrogens is 400 g/mol. The van der Waals surface area contributed by atoms with Crippen molar-refractivity contribution in [3.05, 3.63) is 46.7 Å². The Hall–Kier alpha value is -2.32. The summed E-state index contributed by atoms with van der Waals surface area (Å²) in [5, 5.41) is 11.9. The molecule has 1 aromatic heterocycles. The van der Waals surface area contributed by atoms with Gasteiger partial charge >= 0.3 is 0 Å². The molecule has 7 nitrogen and oxygen atoms in total. The number of ether oxygens (including phenoxy) is 3. The average Bonchev–Trinajstić information content (AvgIpc) is 3.06. The number of allylic oxidation sites excluding steroid dienone is 2. The van der Waals surface area contributed by atoms with Gasteiger partial charge in [-0.25, -0.2) is 0 Å². The molecular formula is C18H21BrN4O3. The van der Waals surface area contributed by atoms with E-state index in [-0.39, 0.29) is 6.04 Å². The van der Waals surface area contributed by atoms with Crippen LogP contribution in [0.3, 0.4) is 0 Å². The largest absolute Gasteiger partial charge is 0.493 e. The van der Waals surface area contributed by atoms with Crippen LogP contribution in [0.15, 0.2) is 40.9 Å². The highest BCUT2D eigenvalue weighted by molar-refractivity contribution is 9.10. The second kappa shape index (κ2) is 7.92. The van der Waals surface area contributed by atoms with Crippen LogP contribution >= 0.6 is 15.9 Å². The molecule has 8 heteroatoms. The highest BCUT2D eigenvalue weighted by Gasteiger charge is 2.27. The van der Waals surface area contributed by atoms with Crippen LogP contribution in [0.2, 0.25) is 0 Å². The molecule has 0 saturated heterocycles. The summed E-state index contributed by atoms with van der Waals surface area (Å²) in [5.41, 5.74) is 1.92. The van der Waals surface area contributed by atoms with Gasteiger partial charge in [0.1, 0.15) is 6.61 Å². The lowest BCUT2D eigenvalue weighted by Crippen LogP contribution is -2.25. The molecule has 0 aliphatic carbocycles. The molecule has 1 aliphatic heterocycles. The summed E-state index contributed by atoms with van der Waals surface area (Å²) in [7, 11) is 3.21. The Morgan fingerprint density at radius 2 is 2.08 bits per heavy atom. The third-order valence-electron chi connectivity index (χ3n) is 4.21. The number of rotatable bonds is 6. The number of nitrogens with zero attached hydrogens (tertiary/aromatic N) is 3. The maximum absolute atomic E-state index is 5.66. The number of fused-ring (bicyclic) bond motifs is 1. The summed E-state index contributed by atoms with van der Waals surface area (Å²) in [6, 6.07) is 3.71. The van der Waals surface area contributed by atoms with Crippen molar-refractivity contribution in [2.45, 2.75) is 19.6 Å². The molecule has 0 bridgehead atoms. The van der Waals surface area contributed by atoms with E-state index in [4.69, 9.17) is 14.2 Å². The number of aromatic nitrogens is 3. The maximum Gasteiger partial charge on any atom is 0.229 e. The average molecular weight is 421 g/mol. The maximum atomic E-state index is 5.66. The van der Waals surface area contributed by atoms with Crippen LogP contribution in [0.1, 0.15) is 18.8 Å². The minimum Gasteiger partial charge on any atom is -0.493 e. The molecule has 3 rings (SSSR count). The van der Waals surface area contributed by atoms with Crippen LogP contribution in [0.5, 0.6) is 11.5 Å². The van der Waals surface area contributed by atoms with E-state index in [0.717, 1.165) is 21.6 Å². The predicted molar refractivity (Wildman–Crippen MR) is 103 cm³/mol. The molecule has 0 radical (unpaired) electrons. The van der Waals surface area contributed by atoms with Gasteiger partial charge in [-0.05, 0) is 28.4 Å². The van der Waals surface area contributed by atoms with Gasteiger partial charge in [0.15, 0.2) is 17.3 Å². The molecule has 2 heterocycles. The van der Waals surface area contributed by atoms with Gasteiger partial charge in [-0.1, -0.05) is 18.7 Å². The summed E-state index contributed by atoms with van der Waals surface area (Å²) in [5.74, 6) is 2.68. The number of nitrogens with one attached hydrogen (secondary N) is 1. The monoisotopic (exact) mass is 420 g/mol. The second-order valence-corrected chi connectivity index (χ2v) is 6.65. The molecule has 0 fully saturated rings. The number of hydrogen-bond acceptors (Lipinski definition) is 6.